The molecule has 2 atom stereocenters. The molecule has 0 spiro atoms. The summed E-state index contributed by atoms with van der Waals surface area (Å²) in [5, 5.41) is 4.72. The minimum absolute atomic E-state index is 0.0266. The molecule has 7 nitrogen and oxygen atoms in total. The first-order valence-electron chi connectivity index (χ1n) is 13.6. The van der Waals surface area contributed by atoms with Crippen molar-refractivity contribution in [1.82, 2.24) is 15.2 Å². The van der Waals surface area contributed by atoms with Gasteiger partial charge in [0.15, 0.2) is 5.78 Å². The fourth-order valence-electron chi connectivity index (χ4n) is 5.52. The number of Topliss-reactive ketones (excluding diaryl/α,β-unsaturated/α-hetero) is 2. The number of rotatable bonds is 13. The Hall–Kier alpha value is -2.13. The number of nitrogens with one attached hydrogen (secondary N) is 1. The zero-order valence-electron chi connectivity index (χ0n) is 22.2. The minimum atomic E-state index is -0.501. The average molecular weight is 560 g/mol. The molecule has 0 bridgehead atoms. The molecule has 2 fully saturated rings. The molecule has 4 rings (SSSR count). The molecular formula is C29H38ClN3O4S. The van der Waals surface area contributed by atoms with Crippen molar-refractivity contribution in [3.8, 4) is 0 Å². The van der Waals surface area contributed by atoms with Crippen LogP contribution in [0.1, 0.15) is 56.9 Å². The Bertz CT molecular complexity index is 1150. The van der Waals surface area contributed by atoms with Crippen molar-refractivity contribution in [2.45, 2.75) is 64.3 Å². The number of halogens is 1. The molecule has 1 saturated carbocycles. The van der Waals surface area contributed by atoms with Gasteiger partial charge in [0.05, 0.1) is 34.4 Å². The number of carbonyl (C=O) groups excluding carboxylic acids is 3. The number of benzene rings is 1. The number of fused-ring (bicyclic) bond motifs is 1. The number of nitrogens with zero attached hydrogens (tertiary/aromatic N) is 2. The Morgan fingerprint density at radius 2 is 1.97 bits per heavy atom. The summed E-state index contributed by atoms with van der Waals surface area (Å²) < 4.78 is 6.36. The van der Waals surface area contributed by atoms with Gasteiger partial charge in [-0.15, -0.1) is 11.3 Å². The Balaban J connectivity index is 1.39. The van der Waals surface area contributed by atoms with Crippen LogP contribution in [0, 0.1) is 11.8 Å². The summed E-state index contributed by atoms with van der Waals surface area (Å²) in [4.78, 5) is 45.4. The molecule has 9 heteroatoms. The molecule has 1 N–H and O–H groups in total. The maximum Gasteiger partial charge on any atom is 0.224 e. The van der Waals surface area contributed by atoms with Crippen LogP contribution in [0.3, 0.4) is 0 Å². The predicted octanol–water partition coefficient (Wildman–Crippen LogP) is 5.00. The van der Waals surface area contributed by atoms with Crippen LogP contribution >= 0.6 is 22.9 Å². The van der Waals surface area contributed by atoms with E-state index in [1.165, 1.54) is 18.3 Å². The van der Waals surface area contributed by atoms with Crippen molar-refractivity contribution in [3.63, 3.8) is 0 Å². The van der Waals surface area contributed by atoms with E-state index in [9.17, 15) is 14.4 Å². The number of amides is 1. The monoisotopic (exact) mass is 559 g/mol. The second kappa shape index (κ2) is 13.8. The van der Waals surface area contributed by atoms with Crippen molar-refractivity contribution in [2.24, 2.45) is 11.8 Å². The van der Waals surface area contributed by atoms with Gasteiger partial charge in [0, 0.05) is 55.5 Å². The molecular weight excluding hydrogens is 522 g/mol. The minimum Gasteiger partial charge on any atom is -0.379 e. The number of carbonyl (C=O) groups is 3. The SMILES string of the molecule is C=C(CN1CCOCC1)C(=O)CC[C@@H](NC(=O)[C@@H](CC(C)=O)Cc1nc2ccc(Cl)cc2s1)C1CCCC1. The molecule has 1 aliphatic heterocycles. The first-order chi connectivity index (χ1) is 18.3. The van der Waals surface area contributed by atoms with Crippen LogP contribution in [-0.4, -0.2) is 66.2 Å². The van der Waals surface area contributed by atoms with Gasteiger partial charge in [-0.1, -0.05) is 31.0 Å². The molecule has 0 unspecified atom stereocenters. The summed E-state index contributed by atoms with van der Waals surface area (Å²) in [6.07, 6.45) is 5.88. The van der Waals surface area contributed by atoms with Crippen LogP contribution in [0.2, 0.25) is 5.02 Å². The van der Waals surface area contributed by atoms with Crippen LogP contribution in [0.25, 0.3) is 10.2 Å². The lowest BCUT2D eigenvalue weighted by atomic mass is 9.90. The number of hydrogen-bond acceptors (Lipinski definition) is 7. The molecule has 2 aliphatic rings. The molecule has 38 heavy (non-hydrogen) atoms. The topological polar surface area (TPSA) is 88.6 Å². The van der Waals surface area contributed by atoms with Gasteiger partial charge in [0.2, 0.25) is 5.91 Å². The van der Waals surface area contributed by atoms with Gasteiger partial charge in [-0.05, 0) is 50.3 Å². The molecule has 0 radical (unpaired) electrons. The number of morpholine rings is 1. The normalized spacial score (nSPS) is 18.4. The van der Waals surface area contributed by atoms with Crippen LogP contribution in [0.15, 0.2) is 30.4 Å². The molecule has 1 aromatic carbocycles. The van der Waals surface area contributed by atoms with Crippen LogP contribution in [0.4, 0.5) is 0 Å². The Morgan fingerprint density at radius 3 is 2.68 bits per heavy atom. The highest BCUT2D eigenvalue weighted by atomic mass is 35.5. The van der Waals surface area contributed by atoms with Crippen LogP contribution in [0.5, 0.6) is 0 Å². The van der Waals surface area contributed by atoms with Gasteiger partial charge in [0.25, 0.3) is 0 Å². The molecule has 206 valence electrons. The van der Waals surface area contributed by atoms with Gasteiger partial charge in [-0.25, -0.2) is 4.98 Å². The third kappa shape index (κ3) is 8.18. The molecule has 2 heterocycles. The zero-order valence-corrected chi connectivity index (χ0v) is 23.7. The Labute approximate surface area is 234 Å². The number of thiazole rings is 1. The van der Waals surface area contributed by atoms with E-state index in [4.69, 9.17) is 16.3 Å². The van der Waals surface area contributed by atoms with Crippen molar-refractivity contribution in [1.29, 1.82) is 0 Å². The summed E-state index contributed by atoms with van der Waals surface area (Å²) >= 11 is 7.63. The fraction of sp³-hybridized carbons (Fsp3) is 0.586. The quantitative estimate of drug-likeness (QED) is 0.347. The van der Waals surface area contributed by atoms with E-state index in [-0.39, 0.29) is 29.9 Å². The average Bonchev–Trinajstić information content (AvgIpc) is 3.56. The second-order valence-corrected chi connectivity index (χ2v) is 12.2. The van der Waals surface area contributed by atoms with E-state index in [1.54, 1.807) is 6.07 Å². The number of ketones is 2. The molecule has 1 aromatic heterocycles. The second-order valence-electron chi connectivity index (χ2n) is 10.6. The maximum atomic E-state index is 13.5. The Kier molecular flexibility index (Phi) is 10.5. The molecule has 1 amide bonds. The summed E-state index contributed by atoms with van der Waals surface area (Å²) in [6.45, 7) is 9.12. The van der Waals surface area contributed by atoms with Gasteiger partial charge in [-0.3, -0.25) is 14.5 Å². The molecule has 1 saturated heterocycles. The van der Waals surface area contributed by atoms with E-state index >= 15 is 0 Å². The highest BCUT2D eigenvalue weighted by Gasteiger charge is 2.30. The lowest BCUT2D eigenvalue weighted by Gasteiger charge is -2.28. The third-order valence-electron chi connectivity index (χ3n) is 7.61. The van der Waals surface area contributed by atoms with E-state index < -0.39 is 5.92 Å². The van der Waals surface area contributed by atoms with E-state index in [1.807, 2.05) is 12.1 Å². The van der Waals surface area contributed by atoms with Crippen molar-refractivity contribution >= 4 is 50.6 Å². The van der Waals surface area contributed by atoms with Crippen molar-refractivity contribution < 1.29 is 19.1 Å². The summed E-state index contributed by atoms with van der Waals surface area (Å²) in [5.41, 5.74) is 1.46. The number of hydrogen-bond donors (Lipinski definition) is 1. The van der Waals surface area contributed by atoms with E-state index in [0.29, 0.717) is 55.5 Å². The number of ether oxygens (including phenoxy) is 1. The standard InChI is InChI=1S/C29H38ClN3O4S/c1-19(18-33-11-13-37-14-12-33)26(35)10-9-24(21-5-3-4-6-21)32-29(36)22(15-20(2)34)16-28-31-25-8-7-23(30)17-27(25)38-28/h7-8,17,21-22,24H,1,3-6,9-16,18H2,2H3,(H,32,36)/t22-,24+/m0/s1. The molecule has 1 aliphatic carbocycles. The van der Waals surface area contributed by atoms with Crippen LogP contribution < -0.4 is 5.32 Å². The zero-order chi connectivity index (χ0) is 27.1. The van der Waals surface area contributed by atoms with Crippen molar-refractivity contribution in [3.05, 3.63) is 40.4 Å². The third-order valence-corrected chi connectivity index (χ3v) is 8.89. The largest absolute Gasteiger partial charge is 0.379 e. The summed E-state index contributed by atoms with van der Waals surface area (Å²) in [7, 11) is 0. The van der Waals surface area contributed by atoms with Crippen LogP contribution in [-0.2, 0) is 25.5 Å². The Morgan fingerprint density at radius 1 is 1.24 bits per heavy atom. The van der Waals surface area contributed by atoms with E-state index in [2.05, 4.69) is 21.8 Å². The van der Waals surface area contributed by atoms with Gasteiger partial charge in [0.1, 0.15) is 5.78 Å². The molecule has 2 aromatic rings. The lowest BCUT2D eigenvalue weighted by Crippen LogP contribution is -2.44. The van der Waals surface area contributed by atoms with Gasteiger partial charge < -0.3 is 14.8 Å². The lowest BCUT2D eigenvalue weighted by molar-refractivity contribution is -0.129. The fourth-order valence-corrected chi connectivity index (χ4v) is 6.84. The number of aromatic nitrogens is 1. The summed E-state index contributed by atoms with van der Waals surface area (Å²) in [5.74, 6) is -0.251. The first kappa shape index (κ1) is 28.9. The smallest absolute Gasteiger partial charge is 0.224 e. The van der Waals surface area contributed by atoms with Gasteiger partial charge in [-0.2, -0.15) is 0 Å². The maximum absolute atomic E-state index is 13.5. The predicted molar refractivity (Wildman–Crippen MR) is 152 cm³/mol. The summed E-state index contributed by atoms with van der Waals surface area (Å²) in [6, 6.07) is 5.46. The first-order valence-corrected chi connectivity index (χ1v) is 14.8. The van der Waals surface area contributed by atoms with Gasteiger partial charge >= 0.3 is 0 Å². The highest BCUT2D eigenvalue weighted by Crippen LogP contribution is 2.31. The highest BCUT2D eigenvalue weighted by molar-refractivity contribution is 7.18. The van der Waals surface area contributed by atoms with Crippen molar-refractivity contribution in [2.75, 3.05) is 32.8 Å². The van der Waals surface area contributed by atoms with E-state index in [0.717, 1.165) is 54.0 Å².